The molecule has 6 heteroatoms. The van der Waals surface area contributed by atoms with E-state index in [0.717, 1.165) is 10.4 Å². The molecule has 2 aromatic rings. The Morgan fingerprint density at radius 1 is 1.47 bits per heavy atom. The van der Waals surface area contributed by atoms with E-state index in [9.17, 15) is 4.79 Å². The second-order valence-electron chi connectivity index (χ2n) is 4.03. The highest BCUT2D eigenvalue weighted by Crippen LogP contribution is 2.31. The van der Waals surface area contributed by atoms with Gasteiger partial charge in [0, 0.05) is 4.88 Å². The van der Waals surface area contributed by atoms with Gasteiger partial charge < -0.3 is 11.1 Å². The molecule has 0 aliphatic carbocycles. The molecule has 5 nitrogen and oxygen atoms in total. The monoisotopic (exact) mass is 272 g/mol. The van der Waals surface area contributed by atoms with Gasteiger partial charge in [-0.25, -0.2) is 4.98 Å². The van der Waals surface area contributed by atoms with Crippen LogP contribution in [-0.4, -0.2) is 10.9 Å². The number of nitriles is 1. The predicted octanol–water partition coefficient (Wildman–Crippen LogP) is 2.47. The summed E-state index contributed by atoms with van der Waals surface area (Å²) in [5.74, 6) is -0.349. The number of pyridine rings is 1. The second kappa shape index (κ2) is 5.08. The molecule has 2 heterocycles. The molecule has 0 aromatic carbocycles. The molecule has 0 saturated carbocycles. The second-order valence-corrected chi connectivity index (χ2v) is 5.25. The summed E-state index contributed by atoms with van der Waals surface area (Å²) in [5, 5.41) is 12.4. The largest absolute Gasteiger partial charge is 0.397 e. The fourth-order valence-corrected chi connectivity index (χ4v) is 2.56. The van der Waals surface area contributed by atoms with Crippen LogP contribution in [0.3, 0.4) is 0 Å². The van der Waals surface area contributed by atoms with Crippen LogP contribution in [0.1, 0.15) is 26.5 Å². The highest BCUT2D eigenvalue weighted by molar-refractivity contribution is 7.16. The van der Waals surface area contributed by atoms with Gasteiger partial charge in [0.05, 0.1) is 17.4 Å². The minimum Gasteiger partial charge on any atom is -0.397 e. The first-order chi connectivity index (χ1) is 9.02. The SMILES string of the molecule is Cc1sc(NC(=O)c2ccc(N)cn2)c(C#N)c1C. The zero-order chi connectivity index (χ0) is 14.0. The normalized spacial score (nSPS) is 9.95. The summed E-state index contributed by atoms with van der Waals surface area (Å²) in [5.41, 5.74) is 7.68. The molecule has 0 aliphatic heterocycles. The summed E-state index contributed by atoms with van der Waals surface area (Å²) in [7, 11) is 0. The summed E-state index contributed by atoms with van der Waals surface area (Å²) in [4.78, 5) is 17.0. The fourth-order valence-electron chi connectivity index (χ4n) is 1.56. The first kappa shape index (κ1) is 13.1. The van der Waals surface area contributed by atoms with Crippen molar-refractivity contribution in [3.8, 4) is 6.07 Å². The highest BCUT2D eigenvalue weighted by atomic mass is 32.1. The van der Waals surface area contributed by atoms with Crippen LogP contribution in [0, 0.1) is 25.2 Å². The minimum atomic E-state index is -0.349. The Bertz CT molecular complexity index is 667. The standard InChI is InChI=1S/C13H12N4OS/c1-7-8(2)19-13(10(7)5-14)17-12(18)11-4-3-9(15)6-16-11/h3-4,6H,15H2,1-2H3,(H,17,18). The number of nitrogens with zero attached hydrogens (tertiary/aromatic N) is 2. The first-order valence-corrected chi connectivity index (χ1v) is 6.37. The van der Waals surface area contributed by atoms with Gasteiger partial charge >= 0.3 is 0 Å². The van der Waals surface area contributed by atoms with Crippen molar-refractivity contribution in [1.82, 2.24) is 4.98 Å². The number of nitrogens with one attached hydrogen (secondary N) is 1. The number of nitrogens with two attached hydrogens (primary N) is 1. The Hall–Kier alpha value is -2.39. The van der Waals surface area contributed by atoms with Crippen LogP contribution in [-0.2, 0) is 0 Å². The molecule has 3 N–H and O–H groups in total. The van der Waals surface area contributed by atoms with Gasteiger partial charge in [-0.1, -0.05) is 0 Å². The average Bonchev–Trinajstić information content (AvgIpc) is 2.65. The van der Waals surface area contributed by atoms with E-state index >= 15 is 0 Å². The third-order valence-corrected chi connectivity index (χ3v) is 3.87. The molecule has 0 radical (unpaired) electrons. The topological polar surface area (TPSA) is 91.8 Å². The van der Waals surface area contributed by atoms with Gasteiger partial charge in [-0.2, -0.15) is 5.26 Å². The first-order valence-electron chi connectivity index (χ1n) is 5.56. The van der Waals surface area contributed by atoms with E-state index in [1.807, 2.05) is 13.8 Å². The molecule has 0 fully saturated rings. The van der Waals surface area contributed by atoms with Crippen molar-refractivity contribution in [1.29, 1.82) is 5.26 Å². The number of hydrogen-bond acceptors (Lipinski definition) is 5. The third-order valence-electron chi connectivity index (χ3n) is 2.74. The number of thiophene rings is 1. The Labute approximate surface area is 114 Å². The van der Waals surface area contributed by atoms with Gasteiger partial charge in [-0.3, -0.25) is 4.79 Å². The summed E-state index contributed by atoms with van der Waals surface area (Å²) in [6.07, 6.45) is 1.42. The van der Waals surface area contributed by atoms with Gasteiger partial charge in [0.15, 0.2) is 0 Å². The molecular formula is C13H12N4OS. The van der Waals surface area contributed by atoms with Crippen molar-refractivity contribution in [2.24, 2.45) is 0 Å². The van der Waals surface area contributed by atoms with E-state index in [1.54, 1.807) is 12.1 Å². The van der Waals surface area contributed by atoms with E-state index in [-0.39, 0.29) is 11.6 Å². The van der Waals surface area contributed by atoms with Crippen molar-refractivity contribution in [2.45, 2.75) is 13.8 Å². The van der Waals surface area contributed by atoms with Crippen molar-refractivity contribution in [2.75, 3.05) is 11.1 Å². The molecule has 2 rings (SSSR count). The van der Waals surface area contributed by atoms with Gasteiger partial charge in [0.1, 0.15) is 16.8 Å². The molecule has 0 aliphatic rings. The van der Waals surface area contributed by atoms with Crippen LogP contribution >= 0.6 is 11.3 Å². The molecule has 2 aromatic heterocycles. The number of aromatic nitrogens is 1. The van der Waals surface area contributed by atoms with Crippen LogP contribution in [0.5, 0.6) is 0 Å². The van der Waals surface area contributed by atoms with E-state index in [2.05, 4.69) is 16.4 Å². The number of aryl methyl sites for hydroxylation is 1. The van der Waals surface area contributed by atoms with Crippen molar-refractivity contribution >= 4 is 27.9 Å². The number of rotatable bonds is 2. The molecular weight excluding hydrogens is 260 g/mol. The lowest BCUT2D eigenvalue weighted by molar-refractivity contribution is 0.102. The van der Waals surface area contributed by atoms with E-state index in [1.165, 1.54) is 17.5 Å². The van der Waals surface area contributed by atoms with Crippen LogP contribution in [0.15, 0.2) is 18.3 Å². The van der Waals surface area contributed by atoms with E-state index in [0.29, 0.717) is 16.3 Å². The number of carbonyl (C=O) groups is 1. The molecule has 0 saturated heterocycles. The quantitative estimate of drug-likeness (QED) is 0.878. The molecule has 96 valence electrons. The lowest BCUT2D eigenvalue weighted by atomic mass is 10.2. The number of carbonyl (C=O) groups excluding carboxylic acids is 1. The fraction of sp³-hybridized carbons (Fsp3) is 0.154. The van der Waals surface area contributed by atoms with Crippen molar-refractivity contribution < 1.29 is 4.79 Å². The van der Waals surface area contributed by atoms with Crippen molar-refractivity contribution in [3.63, 3.8) is 0 Å². The molecule has 0 bridgehead atoms. The summed E-state index contributed by atoms with van der Waals surface area (Å²) in [6.45, 7) is 3.78. The number of anilines is 2. The zero-order valence-electron chi connectivity index (χ0n) is 10.5. The van der Waals surface area contributed by atoms with Crippen molar-refractivity contribution in [3.05, 3.63) is 40.0 Å². The van der Waals surface area contributed by atoms with Crippen LogP contribution in [0.25, 0.3) is 0 Å². The smallest absolute Gasteiger partial charge is 0.274 e. The molecule has 0 unspecified atom stereocenters. The zero-order valence-corrected chi connectivity index (χ0v) is 11.3. The van der Waals surface area contributed by atoms with Gasteiger partial charge in [0.25, 0.3) is 5.91 Å². The predicted molar refractivity (Wildman–Crippen MR) is 75.1 cm³/mol. The van der Waals surface area contributed by atoms with Crippen LogP contribution in [0.2, 0.25) is 0 Å². The van der Waals surface area contributed by atoms with Crippen LogP contribution < -0.4 is 11.1 Å². The number of nitrogen functional groups attached to an aromatic ring is 1. The highest BCUT2D eigenvalue weighted by Gasteiger charge is 2.15. The Morgan fingerprint density at radius 3 is 2.79 bits per heavy atom. The average molecular weight is 272 g/mol. The maximum absolute atomic E-state index is 12.0. The lowest BCUT2D eigenvalue weighted by Crippen LogP contribution is -2.13. The van der Waals surface area contributed by atoms with E-state index < -0.39 is 0 Å². The molecule has 19 heavy (non-hydrogen) atoms. The van der Waals surface area contributed by atoms with Gasteiger partial charge in [0.2, 0.25) is 0 Å². The molecule has 1 amide bonds. The van der Waals surface area contributed by atoms with Crippen LogP contribution in [0.4, 0.5) is 10.7 Å². The molecule has 0 atom stereocenters. The van der Waals surface area contributed by atoms with E-state index in [4.69, 9.17) is 11.0 Å². The maximum Gasteiger partial charge on any atom is 0.274 e. The summed E-state index contributed by atoms with van der Waals surface area (Å²) >= 11 is 1.38. The summed E-state index contributed by atoms with van der Waals surface area (Å²) < 4.78 is 0. The Morgan fingerprint density at radius 2 is 2.21 bits per heavy atom. The third kappa shape index (κ3) is 2.56. The number of hydrogen-bond donors (Lipinski definition) is 2. The molecule has 0 spiro atoms. The van der Waals surface area contributed by atoms with Gasteiger partial charge in [-0.15, -0.1) is 11.3 Å². The Balaban J connectivity index is 2.27. The lowest BCUT2D eigenvalue weighted by Gasteiger charge is -2.03. The minimum absolute atomic E-state index is 0.266. The number of amides is 1. The van der Waals surface area contributed by atoms with Gasteiger partial charge in [-0.05, 0) is 31.5 Å². The summed E-state index contributed by atoms with van der Waals surface area (Å²) in [6, 6.07) is 5.26. The maximum atomic E-state index is 12.0. The Kier molecular flexibility index (Phi) is 3.49.